The number of unbranched alkanes of at least 4 members (excludes halogenated alkanes) is 18. The Morgan fingerprint density at radius 3 is 1.19 bits per heavy atom. The lowest BCUT2D eigenvalue weighted by Gasteiger charge is -2.22. The molecule has 0 aromatic rings. The van der Waals surface area contributed by atoms with Crippen molar-refractivity contribution in [3.05, 3.63) is 6.92 Å². The predicted molar refractivity (Wildman–Crippen MR) is 123 cm³/mol. The van der Waals surface area contributed by atoms with Gasteiger partial charge in [-0.25, -0.2) is 0 Å². The highest BCUT2D eigenvalue weighted by atomic mass is 14.9. The van der Waals surface area contributed by atoms with Crippen LogP contribution in [-0.2, 0) is 0 Å². The molecule has 1 aliphatic heterocycles. The average molecular weight is 379 g/mol. The number of piperidine rings is 1. The molecule has 1 heterocycles. The molecule has 0 aromatic carbocycles. The summed E-state index contributed by atoms with van der Waals surface area (Å²) in [6.45, 7) is 6.44. The second kappa shape index (κ2) is 20.7. The Balaban J connectivity index is 1.64. The molecule has 27 heavy (non-hydrogen) atoms. The van der Waals surface area contributed by atoms with Gasteiger partial charge in [-0.1, -0.05) is 135 Å². The van der Waals surface area contributed by atoms with E-state index in [1.165, 1.54) is 148 Å². The van der Waals surface area contributed by atoms with Crippen molar-refractivity contribution in [1.82, 2.24) is 5.32 Å². The second-order valence-electron chi connectivity index (χ2n) is 9.20. The van der Waals surface area contributed by atoms with E-state index in [4.69, 9.17) is 0 Å². The van der Waals surface area contributed by atoms with E-state index in [1.807, 2.05) is 0 Å². The predicted octanol–water partition coefficient (Wildman–Crippen LogP) is 8.62. The zero-order chi connectivity index (χ0) is 19.3. The standard InChI is InChI=1S/C26H52N/c1-2-3-4-5-6-7-8-9-10-11-12-13-14-15-16-17-18-19-20-21-26-22-24-27-25-23-26/h26-27H,1-25H2. The lowest BCUT2D eigenvalue weighted by Crippen LogP contribution is -2.27. The van der Waals surface area contributed by atoms with Crippen LogP contribution in [0.2, 0.25) is 0 Å². The Morgan fingerprint density at radius 2 is 0.815 bits per heavy atom. The maximum Gasteiger partial charge on any atom is -0.00463 e. The minimum Gasteiger partial charge on any atom is -0.317 e. The minimum atomic E-state index is 1.04. The molecule has 0 amide bonds. The molecule has 1 rings (SSSR count). The maximum absolute atomic E-state index is 3.91. The summed E-state index contributed by atoms with van der Waals surface area (Å²) < 4.78 is 0. The van der Waals surface area contributed by atoms with Crippen LogP contribution in [0.3, 0.4) is 0 Å². The van der Waals surface area contributed by atoms with Crippen LogP contribution in [-0.4, -0.2) is 13.1 Å². The van der Waals surface area contributed by atoms with Gasteiger partial charge in [0.1, 0.15) is 0 Å². The van der Waals surface area contributed by atoms with Crippen molar-refractivity contribution in [3.63, 3.8) is 0 Å². The molecule has 1 fully saturated rings. The smallest absolute Gasteiger partial charge is 0.00463 e. The third-order valence-corrected chi connectivity index (χ3v) is 6.57. The van der Waals surface area contributed by atoms with Gasteiger partial charge in [-0.2, -0.15) is 0 Å². The molecule has 1 aliphatic rings. The van der Waals surface area contributed by atoms with Crippen molar-refractivity contribution in [2.75, 3.05) is 13.1 Å². The first-order chi connectivity index (χ1) is 13.4. The summed E-state index contributed by atoms with van der Waals surface area (Å²) in [5.74, 6) is 1.04. The summed E-state index contributed by atoms with van der Waals surface area (Å²) in [6.07, 6.45) is 31.9. The lowest BCUT2D eigenvalue weighted by atomic mass is 9.92. The molecule has 1 heteroatoms. The Hall–Kier alpha value is -0.0400. The van der Waals surface area contributed by atoms with E-state index in [0.717, 1.165) is 12.3 Å². The first kappa shape index (κ1) is 25.0. The van der Waals surface area contributed by atoms with Crippen molar-refractivity contribution in [2.24, 2.45) is 5.92 Å². The molecule has 1 nitrogen and oxygen atoms in total. The van der Waals surface area contributed by atoms with Crippen molar-refractivity contribution in [1.29, 1.82) is 0 Å². The van der Waals surface area contributed by atoms with Gasteiger partial charge in [0.2, 0.25) is 0 Å². The van der Waals surface area contributed by atoms with E-state index in [9.17, 15) is 0 Å². The monoisotopic (exact) mass is 378 g/mol. The molecule has 0 unspecified atom stereocenters. The number of hydrogen-bond donors (Lipinski definition) is 1. The van der Waals surface area contributed by atoms with Crippen LogP contribution in [0.4, 0.5) is 0 Å². The Labute approximate surface area is 172 Å². The highest BCUT2D eigenvalue weighted by Crippen LogP contribution is 2.20. The van der Waals surface area contributed by atoms with Crippen LogP contribution in [0.15, 0.2) is 0 Å². The molecule has 0 aromatic heterocycles. The molecular weight excluding hydrogens is 326 g/mol. The number of nitrogens with one attached hydrogen (secondary N) is 1. The van der Waals surface area contributed by atoms with Gasteiger partial charge in [0.05, 0.1) is 0 Å². The maximum atomic E-state index is 3.91. The first-order valence-electron chi connectivity index (χ1n) is 12.9. The van der Waals surface area contributed by atoms with Crippen LogP contribution >= 0.6 is 0 Å². The molecule has 0 spiro atoms. The van der Waals surface area contributed by atoms with E-state index in [-0.39, 0.29) is 0 Å². The summed E-state index contributed by atoms with van der Waals surface area (Å²) in [7, 11) is 0. The molecule has 0 aliphatic carbocycles. The van der Waals surface area contributed by atoms with Gasteiger partial charge in [-0.05, 0) is 31.8 Å². The number of hydrogen-bond acceptors (Lipinski definition) is 1. The van der Waals surface area contributed by atoms with Crippen molar-refractivity contribution >= 4 is 0 Å². The lowest BCUT2D eigenvalue weighted by molar-refractivity contribution is 0.342. The van der Waals surface area contributed by atoms with Gasteiger partial charge in [0.15, 0.2) is 0 Å². The van der Waals surface area contributed by atoms with E-state index in [0.29, 0.717) is 0 Å². The highest BCUT2D eigenvalue weighted by molar-refractivity contribution is 4.68. The van der Waals surface area contributed by atoms with Crippen molar-refractivity contribution < 1.29 is 0 Å². The molecule has 0 bridgehead atoms. The average Bonchev–Trinajstić information content (AvgIpc) is 2.70. The number of rotatable bonds is 20. The fraction of sp³-hybridized carbons (Fsp3) is 0.962. The largest absolute Gasteiger partial charge is 0.317 e. The third-order valence-electron chi connectivity index (χ3n) is 6.57. The van der Waals surface area contributed by atoms with Gasteiger partial charge in [-0.15, -0.1) is 0 Å². The van der Waals surface area contributed by atoms with Crippen molar-refractivity contribution in [3.8, 4) is 0 Å². The van der Waals surface area contributed by atoms with Gasteiger partial charge >= 0.3 is 0 Å². The Kier molecular flexibility index (Phi) is 19.2. The van der Waals surface area contributed by atoms with Crippen LogP contribution in [0.25, 0.3) is 0 Å². The molecule has 1 radical (unpaired) electrons. The van der Waals surface area contributed by atoms with E-state index < -0.39 is 0 Å². The van der Waals surface area contributed by atoms with Gasteiger partial charge < -0.3 is 5.32 Å². The third kappa shape index (κ3) is 17.8. The minimum absolute atomic E-state index is 1.04. The zero-order valence-corrected chi connectivity index (χ0v) is 18.8. The SMILES string of the molecule is [CH2]CCCCCCCCCCCCCCCCCCCCC1CCNCC1. The summed E-state index contributed by atoms with van der Waals surface area (Å²) in [4.78, 5) is 0. The Bertz CT molecular complexity index is 269. The molecular formula is C26H52N. The van der Waals surface area contributed by atoms with Crippen LogP contribution in [0, 0.1) is 12.8 Å². The summed E-state index contributed by atoms with van der Waals surface area (Å²) in [6, 6.07) is 0. The van der Waals surface area contributed by atoms with E-state index in [1.54, 1.807) is 0 Å². The van der Waals surface area contributed by atoms with Gasteiger partial charge in [0, 0.05) is 0 Å². The Morgan fingerprint density at radius 1 is 0.481 bits per heavy atom. The molecule has 0 saturated carbocycles. The van der Waals surface area contributed by atoms with Crippen molar-refractivity contribution in [2.45, 2.75) is 141 Å². The first-order valence-corrected chi connectivity index (χ1v) is 12.9. The zero-order valence-electron chi connectivity index (χ0n) is 18.8. The van der Waals surface area contributed by atoms with E-state index >= 15 is 0 Å². The fourth-order valence-corrected chi connectivity index (χ4v) is 4.61. The summed E-state index contributed by atoms with van der Waals surface area (Å²) in [5.41, 5.74) is 0. The topological polar surface area (TPSA) is 12.0 Å². The fourth-order valence-electron chi connectivity index (χ4n) is 4.61. The quantitative estimate of drug-likeness (QED) is 0.209. The highest BCUT2D eigenvalue weighted by Gasteiger charge is 2.11. The molecule has 161 valence electrons. The van der Waals surface area contributed by atoms with Crippen LogP contribution in [0.1, 0.15) is 141 Å². The molecule has 1 saturated heterocycles. The molecule has 1 N–H and O–H groups in total. The molecule has 0 atom stereocenters. The van der Waals surface area contributed by atoms with E-state index in [2.05, 4.69) is 12.2 Å². The van der Waals surface area contributed by atoms with Crippen LogP contribution < -0.4 is 5.32 Å². The summed E-state index contributed by atoms with van der Waals surface area (Å²) >= 11 is 0. The van der Waals surface area contributed by atoms with Gasteiger partial charge in [-0.3, -0.25) is 0 Å². The normalized spacial score (nSPS) is 15.4. The summed E-state index contributed by atoms with van der Waals surface area (Å²) in [5, 5.41) is 3.47. The van der Waals surface area contributed by atoms with Gasteiger partial charge in [0.25, 0.3) is 0 Å². The van der Waals surface area contributed by atoms with Crippen LogP contribution in [0.5, 0.6) is 0 Å². The second-order valence-corrected chi connectivity index (χ2v) is 9.20.